The zero-order valence-electron chi connectivity index (χ0n) is 17.1. The van der Waals surface area contributed by atoms with Gasteiger partial charge in [-0.15, -0.1) is 0 Å². The molecule has 0 spiro atoms. The monoisotopic (exact) mass is 361 g/mol. The molecule has 2 amide bonds. The van der Waals surface area contributed by atoms with Crippen LogP contribution >= 0.6 is 0 Å². The molecule has 0 bridgehead atoms. The molecular weight excluding hydrogens is 326 g/mol. The van der Waals surface area contributed by atoms with Crippen LogP contribution in [-0.2, 0) is 18.5 Å². The molecule has 0 radical (unpaired) electrons. The van der Waals surface area contributed by atoms with Crippen LogP contribution in [0, 0.1) is 11.8 Å². The predicted octanol–water partition coefficient (Wildman–Crippen LogP) is 3.10. The quantitative estimate of drug-likeness (QED) is 0.847. The van der Waals surface area contributed by atoms with Gasteiger partial charge in [0.1, 0.15) is 0 Å². The lowest BCUT2D eigenvalue weighted by Crippen LogP contribution is -2.47. The van der Waals surface area contributed by atoms with Crippen LogP contribution in [0.5, 0.6) is 0 Å². The molecule has 2 N–H and O–H groups in total. The largest absolute Gasteiger partial charge is 0.337 e. The molecular formula is C20H35N5O. The highest BCUT2D eigenvalue weighted by molar-refractivity contribution is 5.76. The highest BCUT2D eigenvalue weighted by Gasteiger charge is 2.44. The molecule has 1 aliphatic heterocycles. The minimum atomic E-state index is -0.369. The number of carbonyl (C=O) groups excluding carboxylic acids is 1. The Labute approximate surface area is 157 Å². The molecule has 3 rings (SSSR count). The first kappa shape index (κ1) is 19.2. The van der Waals surface area contributed by atoms with E-state index in [-0.39, 0.29) is 11.6 Å². The number of H-pyrrole nitrogens is 1. The summed E-state index contributed by atoms with van der Waals surface area (Å²) in [4.78, 5) is 16.7. The second-order valence-corrected chi connectivity index (χ2v) is 9.05. The van der Waals surface area contributed by atoms with Gasteiger partial charge < -0.3 is 15.1 Å². The number of aromatic amines is 1. The fraction of sp³-hybridized carbons (Fsp3) is 0.800. The summed E-state index contributed by atoms with van der Waals surface area (Å²) in [7, 11) is 4.03. The Morgan fingerprint density at radius 1 is 1.38 bits per heavy atom. The van der Waals surface area contributed by atoms with Gasteiger partial charge >= 0.3 is 6.03 Å². The van der Waals surface area contributed by atoms with Crippen molar-refractivity contribution in [3.05, 3.63) is 17.0 Å². The van der Waals surface area contributed by atoms with Gasteiger partial charge in [0.05, 0.1) is 17.8 Å². The number of rotatable bonds is 5. The lowest BCUT2D eigenvalue weighted by molar-refractivity contribution is 0.142. The molecule has 0 saturated heterocycles. The van der Waals surface area contributed by atoms with E-state index in [0.717, 1.165) is 30.5 Å². The Morgan fingerprint density at radius 2 is 2.15 bits per heavy atom. The van der Waals surface area contributed by atoms with Gasteiger partial charge in [0.25, 0.3) is 0 Å². The molecule has 26 heavy (non-hydrogen) atoms. The first-order valence-corrected chi connectivity index (χ1v) is 10.1. The minimum absolute atomic E-state index is 0.00656. The zero-order valence-corrected chi connectivity index (χ0v) is 17.1. The smallest absolute Gasteiger partial charge is 0.318 e. The van der Waals surface area contributed by atoms with E-state index in [4.69, 9.17) is 0 Å². The van der Waals surface area contributed by atoms with E-state index in [0.29, 0.717) is 13.1 Å². The lowest BCUT2D eigenvalue weighted by atomic mass is 9.80. The number of urea groups is 1. The summed E-state index contributed by atoms with van der Waals surface area (Å²) in [6, 6.07) is 0.00656. The van der Waals surface area contributed by atoms with Crippen LogP contribution in [0.1, 0.15) is 63.4 Å². The van der Waals surface area contributed by atoms with Crippen molar-refractivity contribution in [3.63, 3.8) is 0 Å². The van der Waals surface area contributed by atoms with Crippen molar-refractivity contribution in [1.82, 2.24) is 25.3 Å². The van der Waals surface area contributed by atoms with E-state index < -0.39 is 0 Å². The molecule has 1 aliphatic carbocycles. The number of nitrogens with one attached hydrogen (secondary N) is 2. The van der Waals surface area contributed by atoms with Gasteiger partial charge in [-0.1, -0.05) is 26.2 Å². The standard InChI is InChI=1S/C20H35N5O/c1-14-7-6-8-15(11-14)12-17-16-13-25(19(26)21-9-10-24(4)5)20(2,3)18(16)23-22-17/h14-15H,6-13H2,1-5H3,(H,21,26)(H,22,23). The average Bonchev–Trinajstić information content (AvgIpc) is 3.06. The van der Waals surface area contributed by atoms with Gasteiger partial charge in [0.15, 0.2) is 0 Å². The van der Waals surface area contributed by atoms with E-state index in [1.807, 2.05) is 19.0 Å². The summed E-state index contributed by atoms with van der Waals surface area (Å²) in [6.45, 7) is 8.72. The molecule has 146 valence electrons. The molecule has 2 atom stereocenters. The van der Waals surface area contributed by atoms with E-state index in [2.05, 4.69) is 41.2 Å². The molecule has 2 aliphatic rings. The molecule has 1 saturated carbocycles. The SMILES string of the molecule is CC1CCCC(Cc2[nH]nc3c2CN(C(=O)NCCN(C)C)C3(C)C)C1. The van der Waals surface area contributed by atoms with E-state index >= 15 is 0 Å². The van der Waals surface area contributed by atoms with Gasteiger partial charge in [-0.25, -0.2) is 4.79 Å². The molecule has 0 aromatic carbocycles. The van der Waals surface area contributed by atoms with Gasteiger partial charge in [-0.3, -0.25) is 5.10 Å². The lowest BCUT2D eigenvalue weighted by Gasteiger charge is -2.31. The van der Waals surface area contributed by atoms with Crippen molar-refractivity contribution in [3.8, 4) is 0 Å². The maximum Gasteiger partial charge on any atom is 0.318 e. The minimum Gasteiger partial charge on any atom is -0.337 e. The summed E-state index contributed by atoms with van der Waals surface area (Å²) in [5, 5.41) is 11.0. The fourth-order valence-corrected chi connectivity index (χ4v) is 4.57. The third kappa shape index (κ3) is 3.90. The Kier molecular flexibility index (Phi) is 5.61. The molecule has 6 nitrogen and oxygen atoms in total. The second kappa shape index (κ2) is 7.59. The number of aromatic nitrogens is 2. The van der Waals surface area contributed by atoms with Crippen molar-refractivity contribution in [1.29, 1.82) is 0 Å². The summed E-state index contributed by atoms with van der Waals surface area (Å²) in [6.07, 6.45) is 6.40. The number of carbonyl (C=O) groups is 1. The Morgan fingerprint density at radius 3 is 2.85 bits per heavy atom. The van der Waals surface area contributed by atoms with Gasteiger partial charge in [0.2, 0.25) is 0 Å². The van der Waals surface area contributed by atoms with Crippen LogP contribution in [0.2, 0.25) is 0 Å². The van der Waals surface area contributed by atoms with Gasteiger partial charge in [0, 0.05) is 24.3 Å². The van der Waals surface area contributed by atoms with E-state index in [9.17, 15) is 4.79 Å². The number of hydrogen-bond acceptors (Lipinski definition) is 3. The summed E-state index contributed by atoms with van der Waals surface area (Å²) in [5.41, 5.74) is 3.16. The number of likely N-dealkylation sites (N-methyl/N-ethyl adjacent to an activating group) is 1. The van der Waals surface area contributed by atoms with Crippen LogP contribution in [0.4, 0.5) is 4.79 Å². The second-order valence-electron chi connectivity index (χ2n) is 9.05. The van der Waals surface area contributed by atoms with Crippen molar-refractivity contribution in [2.75, 3.05) is 27.2 Å². The zero-order chi connectivity index (χ0) is 18.9. The Hall–Kier alpha value is -1.56. The third-order valence-corrected chi connectivity index (χ3v) is 6.14. The Bertz CT molecular complexity index is 636. The average molecular weight is 362 g/mol. The van der Waals surface area contributed by atoms with Gasteiger partial charge in [-0.2, -0.15) is 5.10 Å². The number of amides is 2. The molecule has 1 fully saturated rings. The fourth-order valence-electron chi connectivity index (χ4n) is 4.57. The van der Waals surface area contributed by atoms with E-state index in [1.54, 1.807) is 0 Å². The predicted molar refractivity (Wildman–Crippen MR) is 104 cm³/mol. The summed E-state index contributed by atoms with van der Waals surface area (Å²) >= 11 is 0. The normalized spacial score (nSPS) is 24.8. The van der Waals surface area contributed by atoms with Crippen molar-refractivity contribution >= 4 is 6.03 Å². The topological polar surface area (TPSA) is 64.3 Å². The summed E-state index contributed by atoms with van der Waals surface area (Å²) in [5.74, 6) is 1.58. The molecule has 1 aromatic heterocycles. The molecule has 2 heterocycles. The Balaban J connectivity index is 1.67. The number of nitrogens with zero attached hydrogens (tertiary/aromatic N) is 3. The highest BCUT2D eigenvalue weighted by Crippen LogP contribution is 2.40. The van der Waals surface area contributed by atoms with Crippen LogP contribution < -0.4 is 5.32 Å². The van der Waals surface area contributed by atoms with Crippen LogP contribution in [0.3, 0.4) is 0 Å². The molecule has 6 heteroatoms. The number of hydrogen-bond donors (Lipinski definition) is 2. The molecule has 1 aromatic rings. The summed E-state index contributed by atoms with van der Waals surface area (Å²) < 4.78 is 0. The van der Waals surface area contributed by atoms with Crippen LogP contribution in [0.25, 0.3) is 0 Å². The first-order chi connectivity index (χ1) is 12.3. The van der Waals surface area contributed by atoms with Crippen LogP contribution in [-0.4, -0.2) is 53.2 Å². The van der Waals surface area contributed by atoms with Crippen LogP contribution in [0.15, 0.2) is 0 Å². The maximum absolute atomic E-state index is 12.7. The third-order valence-electron chi connectivity index (χ3n) is 6.14. The first-order valence-electron chi connectivity index (χ1n) is 10.1. The van der Waals surface area contributed by atoms with Gasteiger partial charge in [-0.05, 0) is 52.6 Å². The maximum atomic E-state index is 12.7. The van der Waals surface area contributed by atoms with Crippen molar-refractivity contribution < 1.29 is 4.79 Å². The van der Waals surface area contributed by atoms with Crippen molar-refractivity contribution in [2.24, 2.45) is 11.8 Å². The van der Waals surface area contributed by atoms with E-state index in [1.165, 1.54) is 36.9 Å². The highest BCUT2D eigenvalue weighted by atomic mass is 16.2. The van der Waals surface area contributed by atoms with Crippen molar-refractivity contribution in [2.45, 2.75) is 65.0 Å². The molecule has 2 unspecified atom stereocenters. The number of fused-ring (bicyclic) bond motifs is 1.